The van der Waals surface area contributed by atoms with Crippen LogP contribution in [-0.2, 0) is 4.74 Å². The summed E-state index contributed by atoms with van der Waals surface area (Å²) in [5.41, 5.74) is -0.141. The maximum absolute atomic E-state index is 11.3. The molecule has 1 aliphatic heterocycles. The van der Waals surface area contributed by atoms with E-state index in [0.29, 0.717) is 30.9 Å². The van der Waals surface area contributed by atoms with Gasteiger partial charge in [-0.3, -0.25) is 10.1 Å². The number of nitrogens with one attached hydrogen (secondary N) is 2. The second-order valence-electron chi connectivity index (χ2n) is 5.21. The fourth-order valence-corrected chi connectivity index (χ4v) is 2.47. The maximum atomic E-state index is 11.3. The number of hydrogen-bond acceptors (Lipinski definition) is 6. The summed E-state index contributed by atoms with van der Waals surface area (Å²) >= 11 is 0. The Morgan fingerprint density at radius 2 is 2.14 bits per heavy atom. The van der Waals surface area contributed by atoms with Gasteiger partial charge in [0.2, 0.25) is 0 Å². The Hall–Kier alpha value is -1.86. The van der Waals surface area contributed by atoms with Crippen molar-refractivity contribution in [2.24, 2.45) is 0 Å². The molecule has 7 nitrogen and oxygen atoms in total. The summed E-state index contributed by atoms with van der Waals surface area (Å²) in [4.78, 5) is 10.9. The van der Waals surface area contributed by atoms with Crippen molar-refractivity contribution >= 4 is 17.1 Å². The van der Waals surface area contributed by atoms with E-state index in [-0.39, 0.29) is 18.3 Å². The quantitative estimate of drug-likeness (QED) is 0.548. The molecule has 116 valence electrons. The molecule has 0 aliphatic carbocycles. The molecule has 3 N–H and O–H groups in total. The zero-order valence-electron chi connectivity index (χ0n) is 12.3. The average molecular weight is 295 g/mol. The molecule has 0 amide bonds. The number of aliphatic hydroxyl groups is 1. The molecule has 0 aromatic heterocycles. The number of nitro benzene ring substituents is 1. The number of ether oxygens (including phenoxy) is 1. The van der Waals surface area contributed by atoms with E-state index in [4.69, 9.17) is 4.74 Å². The Balaban J connectivity index is 2.19. The van der Waals surface area contributed by atoms with E-state index < -0.39 is 10.5 Å². The molecule has 2 rings (SSSR count). The number of nitro groups is 1. The van der Waals surface area contributed by atoms with Crippen LogP contribution >= 0.6 is 0 Å². The first-order chi connectivity index (χ1) is 9.98. The number of benzene rings is 1. The highest BCUT2D eigenvalue weighted by Crippen LogP contribution is 2.34. The van der Waals surface area contributed by atoms with Crippen LogP contribution in [-0.4, -0.2) is 41.4 Å². The zero-order valence-corrected chi connectivity index (χ0v) is 12.3. The molecule has 1 saturated heterocycles. The molecule has 1 aliphatic rings. The number of para-hydroxylation sites is 1. The molecule has 1 heterocycles. The van der Waals surface area contributed by atoms with E-state index in [1.165, 1.54) is 0 Å². The molecule has 0 saturated carbocycles. The summed E-state index contributed by atoms with van der Waals surface area (Å²) in [5.74, 6) is 0. The van der Waals surface area contributed by atoms with E-state index in [2.05, 4.69) is 10.6 Å². The molecule has 1 aromatic rings. The minimum Gasteiger partial charge on any atom is -0.385 e. The third-order valence-electron chi connectivity index (χ3n) is 3.83. The van der Waals surface area contributed by atoms with Crippen molar-refractivity contribution in [3.8, 4) is 0 Å². The third-order valence-corrected chi connectivity index (χ3v) is 3.83. The molecule has 0 spiro atoms. The van der Waals surface area contributed by atoms with Crippen LogP contribution in [0.4, 0.5) is 17.1 Å². The normalized spacial score (nSPS) is 24.8. The Morgan fingerprint density at radius 3 is 2.67 bits per heavy atom. The lowest BCUT2D eigenvalue weighted by atomic mass is 9.96. The van der Waals surface area contributed by atoms with Gasteiger partial charge < -0.3 is 20.5 Å². The van der Waals surface area contributed by atoms with Crippen molar-refractivity contribution in [2.75, 3.05) is 30.3 Å². The maximum Gasteiger partial charge on any atom is 0.315 e. The Bertz CT molecular complexity index is 523. The summed E-state index contributed by atoms with van der Waals surface area (Å²) < 4.78 is 5.36. The van der Waals surface area contributed by atoms with Crippen LogP contribution in [0.3, 0.4) is 0 Å². The Kier molecular flexibility index (Phi) is 4.64. The lowest BCUT2D eigenvalue weighted by molar-refractivity contribution is -0.383. The smallest absolute Gasteiger partial charge is 0.315 e. The van der Waals surface area contributed by atoms with Crippen molar-refractivity contribution in [3.63, 3.8) is 0 Å². The molecule has 1 aromatic carbocycles. The van der Waals surface area contributed by atoms with Gasteiger partial charge in [0.1, 0.15) is 17.0 Å². The van der Waals surface area contributed by atoms with E-state index >= 15 is 0 Å². The van der Waals surface area contributed by atoms with E-state index in [9.17, 15) is 15.2 Å². The summed E-state index contributed by atoms with van der Waals surface area (Å²) in [6.45, 7) is 4.99. The first-order valence-electron chi connectivity index (χ1n) is 7.07. The van der Waals surface area contributed by atoms with Gasteiger partial charge in [-0.2, -0.15) is 0 Å². The van der Waals surface area contributed by atoms with Gasteiger partial charge in [-0.15, -0.1) is 0 Å². The highest BCUT2D eigenvalue weighted by molar-refractivity contribution is 5.76. The summed E-state index contributed by atoms with van der Waals surface area (Å²) in [6, 6.07) is 5.05. The molecular formula is C14H21N3O4. The molecule has 2 unspecified atom stereocenters. The van der Waals surface area contributed by atoms with Gasteiger partial charge in [-0.1, -0.05) is 6.07 Å². The van der Waals surface area contributed by atoms with Crippen molar-refractivity contribution in [1.82, 2.24) is 0 Å². The Morgan fingerprint density at radius 1 is 1.48 bits per heavy atom. The van der Waals surface area contributed by atoms with Crippen LogP contribution in [0, 0.1) is 10.1 Å². The van der Waals surface area contributed by atoms with E-state index in [1.54, 1.807) is 25.1 Å². The number of hydrogen-bond donors (Lipinski definition) is 3. The van der Waals surface area contributed by atoms with Gasteiger partial charge in [-0.25, -0.2) is 0 Å². The fourth-order valence-electron chi connectivity index (χ4n) is 2.47. The lowest BCUT2D eigenvalue weighted by Crippen LogP contribution is -2.43. The minimum atomic E-state index is -0.998. The third kappa shape index (κ3) is 3.25. The minimum absolute atomic E-state index is 0.00508. The largest absolute Gasteiger partial charge is 0.385 e. The average Bonchev–Trinajstić information content (AvgIpc) is 2.77. The van der Waals surface area contributed by atoms with Crippen LogP contribution < -0.4 is 10.6 Å². The van der Waals surface area contributed by atoms with Crippen LogP contribution in [0.5, 0.6) is 0 Å². The monoisotopic (exact) mass is 295 g/mol. The van der Waals surface area contributed by atoms with Crippen molar-refractivity contribution in [3.05, 3.63) is 28.3 Å². The first-order valence-corrected chi connectivity index (χ1v) is 7.07. The van der Waals surface area contributed by atoms with Gasteiger partial charge in [0.15, 0.2) is 0 Å². The van der Waals surface area contributed by atoms with Crippen LogP contribution in [0.25, 0.3) is 0 Å². The number of nitrogens with zero attached hydrogens (tertiary/aromatic N) is 1. The van der Waals surface area contributed by atoms with Crippen LogP contribution in [0.15, 0.2) is 18.2 Å². The van der Waals surface area contributed by atoms with Gasteiger partial charge in [0.25, 0.3) is 0 Å². The fraction of sp³-hybridized carbons (Fsp3) is 0.571. The van der Waals surface area contributed by atoms with Crippen molar-refractivity contribution in [1.29, 1.82) is 0 Å². The topological polar surface area (TPSA) is 96.7 Å². The van der Waals surface area contributed by atoms with Crippen LogP contribution in [0.2, 0.25) is 0 Å². The zero-order chi connectivity index (χ0) is 15.5. The highest BCUT2D eigenvalue weighted by Gasteiger charge is 2.39. The number of anilines is 2. The van der Waals surface area contributed by atoms with Gasteiger partial charge >= 0.3 is 5.69 Å². The molecule has 2 atom stereocenters. The lowest BCUT2D eigenvalue weighted by Gasteiger charge is -2.26. The molecule has 21 heavy (non-hydrogen) atoms. The first kappa shape index (κ1) is 15.5. The summed E-state index contributed by atoms with van der Waals surface area (Å²) in [6.07, 6.45) is 0.225. The van der Waals surface area contributed by atoms with Gasteiger partial charge in [-0.05, 0) is 26.0 Å². The molecular weight excluding hydrogens is 274 g/mol. The summed E-state index contributed by atoms with van der Waals surface area (Å²) in [5, 5.41) is 27.7. The van der Waals surface area contributed by atoms with Gasteiger partial charge in [0, 0.05) is 26.1 Å². The predicted octanol–water partition coefficient (Wildman–Crippen LogP) is 1.98. The second kappa shape index (κ2) is 6.28. The SMILES string of the molecule is CCNc1cccc(NCC2(O)CCOC2C)c1[N+](=O)[O-]. The number of rotatable bonds is 6. The standard InChI is InChI=1S/C14H21N3O4/c1-3-15-11-5-4-6-12(13(11)17(19)20)16-9-14(18)7-8-21-10(14)2/h4-6,10,15-16,18H,3,7-9H2,1-2H3. The van der Waals surface area contributed by atoms with Gasteiger partial charge in [0.05, 0.1) is 11.0 Å². The second-order valence-corrected chi connectivity index (χ2v) is 5.21. The Labute approximate surface area is 123 Å². The van der Waals surface area contributed by atoms with E-state index in [1.807, 2.05) is 6.92 Å². The van der Waals surface area contributed by atoms with E-state index in [0.717, 1.165) is 0 Å². The molecule has 0 bridgehead atoms. The summed E-state index contributed by atoms with van der Waals surface area (Å²) in [7, 11) is 0. The van der Waals surface area contributed by atoms with Crippen LogP contribution in [0.1, 0.15) is 20.3 Å². The molecule has 0 radical (unpaired) electrons. The highest BCUT2D eigenvalue weighted by atomic mass is 16.6. The molecule has 7 heteroatoms. The van der Waals surface area contributed by atoms with Crippen molar-refractivity contribution < 1.29 is 14.8 Å². The predicted molar refractivity (Wildman–Crippen MR) is 80.7 cm³/mol. The molecule has 1 fully saturated rings. The van der Waals surface area contributed by atoms with Crippen molar-refractivity contribution in [2.45, 2.75) is 32.0 Å².